The van der Waals surface area contributed by atoms with E-state index in [2.05, 4.69) is 9.44 Å². The van der Waals surface area contributed by atoms with Gasteiger partial charge in [0.2, 0.25) is 0 Å². The number of rotatable bonds is 6. The van der Waals surface area contributed by atoms with Crippen LogP contribution in [0.5, 0.6) is 0 Å². The third-order valence-electron chi connectivity index (χ3n) is 1.96. The van der Waals surface area contributed by atoms with Crippen LogP contribution in [0, 0.1) is 5.92 Å². The second kappa shape index (κ2) is 5.79. The van der Waals surface area contributed by atoms with Crippen LogP contribution < -0.4 is 9.44 Å². The summed E-state index contributed by atoms with van der Waals surface area (Å²) >= 11 is 0. The molecule has 0 radical (unpaired) electrons. The molecule has 0 atom stereocenters. The van der Waals surface area contributed by atoms with Crippen LogP contribution in [0.15, 0.2) is 24.3 Å². The Morgan fingerprint density at radius 1 is 1.35 bits per heavy atom. The summed E-state index contributed by atoms with van der Waals surface area (Å²) in [5.74, 6) is 0.230. The maximum absolute atomic E-state index is 11.6. The molecule has 0 aliphatic heterocycles. The van der Waals surface area contributed by atoms with Gasteiger partial charge < -0.3 is 0 Å². The van der Waals surface area contributed by atoms with E-state index in [4.69, 9.17) is 0 Å². The number of hydrogen-bond acceptors (Lipinski definition) is 3. The van der Waals surface area contributed by atoms with Gasteiger partial charge in [0.15, 0.2) is 0 Å². The molecular weight excluding hydrogens is 240 g/mol. The topological polar surface area (TPSA) is 75.3 Å². The van der Waals surface area contributed by atoms with Gasteiger partial charge in [0.1, 0.15) is 6.29 Å². The molecule has 0 aliphatic rings. The minimum Gasteiger partial charge on any atom is -0.298 e. The van der Waals surface area contributed by atoms with Gasteiger partial charge in [-0.2, -0.15) is 13.1 Å². The van der Waals surface area contributed by atoms with Crippen molar-refractivity contribution in [3.8, 4) is 0 Å². The number of carbonyl (C=O) groups is 1. The molecule has 0 aromatic heterocycles. The largest absolute Gasteiger partial charge is 0.299 e. The first-order valence-electron chi connectivity index (χ1n) is 5.25. The Morgan fingerprint density at radius 2 is 2.06 bits per heavy atom. The fourth-order valence-corrected chi connectivity index (χ4v) is 2.21. The van der Waals surface area contributed by atoms with E-state index >= 15 is 0 Å². The highest BCUT2D eigenvalue weighted by molar-refractivity contribution is 7.90. The van der Waals surface area contributed by atoms with Crippen LogP contribution in [0.2, 0.25) is 0 Å². The molecule has 0 bridgehead atoms. The third kappa shape index (κ3) is 4.97. The van der Waals surface area contributed by atoms with Crippen LogP contribution in [0.25, 0.3) is 0 Å². The minimum atomic E-state index is -3.57. The highest BCUT2D eigenvalue weighted by Gasteiger charge is 2.10. The number of carbonyl (C=O) groups excluding carboxylic acids is 1. The smallest absolute Gasteiger partial charge is 0.298 e. The molecule has 0 saturated heterocycles. The summed E-state index contributed by atoms with van der Waals surface area (Å²) in [6.07, 6.45) is 0.666. The van der Waals surface area contributed by atoms with Crippen LogP contribution in [0.3, 0.4) is 0 Å². The van der Waals surface area contributed by atoms with Gasteiger partial charge in [0.25, 0.3) is 10.2 Å². The number of hydrogen-bond donors (Lipinski definition) is 2. The summed E-state index contributed by atoms with van der Waals surface area (Å²) < 4.78 is 28.0. The predicted octanol–water partition coefficient (Wildman–Crippen LogP) is 1.40. The summed E-state index contributed by atoms with van der Waals surface area (Å²) in [5, 5.41) is 0. The van der Waals surface area contributed by atoms with Gasteiger partial charge in [-0.15, -0.1) is 0 Å². The fraction of sp³-hybridized carbons (Fsp3) is 0.364. The Morgan fingerprint density at radius 3 is 2.65 bits per heavy atom. The standard InChI is InChI=1S/C11H16N2O3S/c1-9(2)7-12-17(15,16)13-11-5-3-4-10(6-11)8-14/h3-6,8-9,12-13H,7H2,1-2H3. The first kappa shape index (κ1) is 13.7. The molecular formula is C11H16N2O3S. The molecule has 0 unspecified atom stereocenters. The number of nitrogens with one attached hydrogen (secondary N) is 2. The Labute approximate surface area is 101 Å². The van der Waals surface area contributed by atoms with Crippen molar-refractivity contribution >= 4 is 22.2 Å². The lowest BCUT2D eigenvalue weighted by atomic mass is 10.2. The summed E-state index contributed by atoms with van der Waals surface area (Å²) in [6.45, 7) is 4.19. The van der Waals surface area contributed by atoms with Gasteiger partial charge in [-0.25, -0.2) is 0 Å². The Bertz CT molecular complexity index is 483. The van der Waals surface area contributed by atoms with Crippen molar-refractivity contribution in [3.63, 3.8) is 0 Å². The molecule has 0 aliphatic carbocycles. The SMILES string of the molecule is CC(C)CNS(=O)(=O)Nc1cccc(C=O)c1. The molecule has 1 rings (SSSR count). The van der Waals surface area contributed by atoms with Crippen LogP contribution in [-0.2, 0) is 10.2 Å². The molecule has 6 heteroatoms. The van der Waals surface area contributed by atoms with E-state index in [1.165, 1.54) is 6.07 Å². The molecule has 0 amide bonds. The highest BCUT2D eigenvalue weighted by Crippen LogP contribution is 2.10. The zero-order chi connectivity index (χ0) is 12.9. The zero-order valence-corrected chi connectivity index (χ0v) is 10.6. The van der Waals surface area contributed by atoms with E-state index < -0.39 is 10.2 Å². The molecule has 0 spiro atoms. The lowest BCUT2D eigenvalue weighted by Gasteiger charge is -2.10. The Hall–Kier alpha value is -1.40. The molecule has 17 heavy (non-hydrogen) atoms. The van der Waals surface area contributed by atoms with Gasteiger partial charge in [0, 0.05) is 12.1 Å². The van der Waals surface area contributed by atoms with Gasteiger partial charge in [-0.05, 0) is 18.1 Å². The van der Waals surface area contributed by atoms with E-state index in [-0.39, 0.29) is 5.92 Å². The normalized spacial score (nSPS) is 11.5. The van der Waals surface area contributed by atoms with Crippen LogP contribution in [0.1, 0.15) is 24.2 Å². The van der Waals surface area contributed by atoms with Crippen molar-refractivity contribution in [3.05, 3.63) is 29.8 Å². The number of benzene rings is 1. The van der Waals surface area contributed by atoms with E-state index in [0.29, 0.717) is 24.1 Å². The molecule has 5 nitrogen and oxygen atoms in total. The molecule has 0 heterocycles. The summed E-state index contributed by atoms with van der Waals surface area (Å²) in [4.78, 5) is 10.5. The van der Waals surface area contributed by atoms with Crippen molar-refractivity contribution < 1.29 is 13.2 Å². The maximum Gasteiger partial charge on any atom is 0.299 e. The Balaban J connectivity index is 2.72. The van der Waals surface area contributed by atoms with Crippen LogP contribution >= 0.6 is 0 Å². The first-order chi connectivity index (χ1) is 7.93. The molecule has 1 aromatic carbocycles. The van der Waals surface area contributed by atoms with Gasteiger partial charge >= 0.3 is 0 Å². The molecule has 0 fully saturated rings. The average molecular weight is 256 g/mol. The van der Waals surface area contributed by atoms with E-state index in [1.807, 2.05) is 13.8 Å². The fourth-order valence-electron chi connectivity index (χ4n) is 1.14. The third-order valence-corrected chi connectivity index (χ3v) is 3.01. The second-order valence-corrected chi connectivity index (χ2v) is 5.59. The second-order valence-electron chi connectivity index (χ2n) is 4.09. The first-order valence-corrected chi connectivity index (χ1v) is 6.74. The molecule has 0 saturated carbocycles. The lowest BCUT2D eigenvalue weighted by Crippen LogP contribution is -2.32. The van der Waals surface area contributed by atoms with Crippen LogP contribution in [-0.4, -0.2) is 21.2 Å². The molecule has 2 N–H and O–H groups in total. The monoisotopic (exact) mass is 256 g/mol. The van der Waals surface area contributed by atoms with Crippen molar-refractivity contribution in [1.29, 1.82) is 0 Å². The number of anilines is 1. The quantitative estimate of drug-likeness (QED) is 0.755. The van der Waals surface area contributed by atoms with E-state index in [0.717, 1.165) is 0 Å². The molecule has 94 valence electrons. The summed E-state index contributed by atoms with van der Waals surface area (Å²) in [7, 11) is -3.57. The summed E-state index contributed by atoms with van der Waals surface area (Å²) in [5.41, 5.74) is 0.792. The minimum absolute atomic E-state index is 0.230. The van der Waals surface area contributed by atoms with Crippen molar-refractivity contribution in [2.75, 3.05) is 11.3 Å². The van der Waals surface area contributed by atoms with Crippen molar-refractivity contribution in [1.82, 2.24) is 4.72 Å². The predicted molar refractivity (Wildman–Crippen MR) is 67.2 cm³/mol. The van der Waals surface area contributed by atoms with Gasteiger partial charge in [-0.3, -0.25) is 9.52 Å². The maximum atomic E-state index is 11.6. The van der Waals surface area contributed by atoms with Crippen LogP contribution in [0.4, 0.5) is 5.69 Å². The summed E-state index contributed by atoms with van der Waals surface area (Å²) in [6, 6.07) is 6.28. The van der Waals surface area contributed by atoms with E-state index in [1.54, 1.807) is 18.2 Å². The average Bonchev–Trinajstić information content (AvgIpc) is 2.26. The highest BCUT2D eigenvalue weighted by atomic mass is 32.2. The lowest BCUT2D eigenvalue weighted by molar-refractivity contribution is 0.112. The Kier molecular flexibility index (Phi) is 4.65. The van der Waals surface area contributed by atoms with Gasteiger partial charge in [0.05, 0.1) is 5.69 Å². The number of aldehydes is 1. The van der Waals surface area contributed by atoms with Gasteiger partial charge in [-0.1, -0.05) is 26.0 Å². The van der Waals surface area contributed by atoms with Crippen molar-refractivity contribution in [2.45, 2.75) is 13.8 Å². The van der Waals surface area contributed by atoms with Crippen molar-refractivity contribution in [2.24, 2.45) is 5.92 Å². The van der Waals surface area contributed by atoms with E-state index in [9.17, 15) is 13.2 Å². The molecule has 1 aromatic rings. The zero-order valence-electron chi connectivity index (χ0n) is 9.80.